The molecule has 7 nitrogen and oxygen atoms in total. The number of carbonyl (C=O) groups excluding carboxylic acids is 1. The van der Waals surface area contributed by atoms with Crippen LogP contribution in [0.4, 0.5) is 0 Å². The standard InChI is InChI=1S/C15H15NO6/c1-7-4-12(19)14(21)15(22-7)9(6-13(16)20)8-2-3-10(17)11(18)5-8/h2-5,9,17-18,21H,6H2,1H3,(H2,16,20). The maximum absolute atomic E-state index is 11.7. The highest BCUT2D eigenvalue weighted by Gasteiger charge is 2.25. The minimum Gasteiger partial charge on any atom is -0.504 e. The minimum absolute atomic E-state index is 0.117. The fourth-order valence-electron chi connectivity index (χ4n) is 2.18. The third-order valence-electron chi connectivity index (χ3n) is 3.20. The number of aryl methyl sites for hydroxylation is 1. The number of carbonyl (C=O) groups is 1. The fourth-order valence-corrected chi connectivity index (χ4v) is 2.18. The van der Waals surface area contributed by atoms with Gasteiger partial charge in [-0.1, -0.05) is 6.07 Å². The Labute approximate surface area is 125 Å². The Morgan fingerprint density at radius 2 is 1.91 bits per heavy atom. The number of nitrogens with two attached hydrogens (primary N) is 1. The first-order chi connectivity index (χ1) is 10.3. The highest BCUT2D eigenvalue weighted by molar-refractivity contribution is 5.75. The quantitative estimate of drug-likeness (QED) is 0.624. The van der Waals surface area contributed by atoms with Crippen LogP contribution in [0.25, 0.3) is 0 Å². The highest BCUT2D eigenvalue weighted by Crippen LogP contribution is 2.36. The molecule has 1 amide bonds. The molecule has 22 heavy (non-hydrogen) atoms. The largest absolute Gasteiger partial charge is 0.504 e. The van der Waals surface area contributed by atoms with E-state index < -0.39 is 28.8 Å². The van der Waals surface area contributed by atoms with Crippen LogP contribution in [0.2, 0.25) is 0 Å². The van der Waals surface area contributed by atoms with Gasteiger partial charge in [-0.15, -0.1) is 0 Å². The first-order valence-corrected chi connectivity index (χ1v) is 6.43. The van der Waals surface area contributed by atoms with Gasteiger partial charge in [0, 0.05) is 12.5 Å². The van der Waals surface area contributed by atoms with Gasteiger partial charge in [0.15, 0.2) is 17.3 Å². The Bertz CT molecular complexity index is 780. The lowest BCUT2D eigenvalue weighted by atomic mass is 9.91. The SMILES string of the molecule is Cc1cc(=O)c(O)c(C(CC(N)=O)c2ccc(O)c(O)c2)o1. The molecule has 0 bridgehead atoms. The summed E-state index contributed by atoms with van der Waals surface area (Å²) in [5, 5.41) is 28.9. The van der Waals surface area contributed by atoms with Gasteiger partial charge in [0.05, 0.1) is 5.92 Å². The minimum atomic E-state index is -0.864. The molecular formula is C15H15NO6. The Balaban J connectivity index is 2.62. The molecule has 0 spiro atoms. The molecular weight excluding hydrogens is 290 g/mol. The third-order valence-corrected chi connectivity index (χ3v) is 3.20. The van der Waals surface area contributed by atoms with E-state index in [2.05, 4.69) is 0 Å². The van der Waals surface area contributed by atoms with E-state index in [9.17, 15) is 24.9 Å². The van der Waals surface area contributed by atoms with Crippen molar-refractivity contribution < 1.29 is 24.5 Å². The Morgan fingerprint density at radius 1 is 1.23 bits per heavy atom. The van der Waals surface area contributed by atoms with Gasteiger partial charge in [-0.3, -0.25) is 9.59 Å². The van der Waals surface area contributed by atoms with Gasteiger partial charge in [0.1, 0.15) is 5.76 Å². The molecule has 1 aromatic heterocycles. The number of amides is 1. The van der Waals surface area contributed by atoms with Gasteiger partial charge in [-0.05, 0) is 24.6 Å². The molecule has 1 aromatic carbocycles. The molecule has 0 aliphatic heterocycles. The van der Waals surface area contributed by atoms with E-state index in [4.69, 9.17) is 10.2 Å². The lowest BCUT2D eigenvalue weighted by Gasteiger charge is -2.17. The number of phenols is 2. The predicted molar refractivity (Wildman–Crippen MR) is 76.8 cm³/mol. The zero-order chi connectivity index (χ0) is 16.4. The third kappa shape index (κ3) is 3.03. The van der Waals surface area contributed by atoms with Crippen molar-refractivity contribution in [2.24, 2.45) is 5.73 Å². The number of rotatable bonds is 4. The van der Waals surface area contributed by atoms with E-state index in [0.29, 0.717) is 5.56 Å². The zero-order valence-electron chi connectivity index (χ0n) is 11.7. The number of aromatic hydroxyl groups is 3. The second-order valence-electron chi connectivity index (χ2n) is 4.91. The van der Waals surface area contributed by atoms with Gasteiger partial charge in [-0.2, -0.15) is 0 Å². The molecule has 2 rings (SSSR count). The van der Waals surface area contributed by atoms with Crippen LogP contribution in [0.5, 0.6) is 17.2 Å². The van der Waals surface area contributed by atoms with Crippen LogP contribution in [0.1, 0.15) is 29.4 Å². The van der Waals surface area contributed by atoms with Crippen molar-refractivity contribution in [1.82, 2.24) is 0 Å². The fraction of sp³-hybridized carbons (Fsp3) is 0.200. The van der Waals surface area contributed by atoms with Crippen LogP contribution in [0.3, 0.4) is 0 Å². The van der Waals surface area contributed by atoms with Crippen molar-refractivity contribution in [3.63, 3.8) is 0 Å². The van der Waals surface area contributed by atoms with Gasteiger partial charge in [-0.25, -0.2) is 0 Å². The number of benzene rings is 1. The van der Waals surface area contributed by atoms with Crippen molar-refractivity contribution in [1.29, 1.82) is 0 Å². The summed E-state index contributed by atoms with van der Waals surface area (Å²) >= 11 is 0. The first-order valence-electron chi connectivity index (χ1n) is 6.43. The monoisotopic (exact) mass is 305 g/mol. The summed E-state index contributed by atoms with van der Waals surface area (Å²) in [7, 11) is 0. The van der Waals surface area contributed by atoms with Crippen LogP contribution in [0, 0.1) is 6.92 Å². The smallest absolute Gasteiger partial charge is 0.227 e. The molecule has 0 aliphatic carbocycles. The van der Waals surface area contributed by atoms with Crippen LogP contribution in [0.15, 0.2) is 33.5 Å². The average molecular weight is 305 g/mol. The van der Waals surface area contributed by atoms with Crippen LogP contribution < -0.4 is 11.2 Å². The van der Waals surface area contributed by atoms with Crippen LogP contribution in [-0.4, -0.2) is 21.2 Å². The van der Waals surface area contributed by atoms with Gasteiger partial charge in [0.2, 0.25) is 17.1 Å². The molecule has 2 aromatic rings. The summed E-state index contributed by atoms with van der Waals surface area (Å²) in [6.07, 6.45) is -0.246. The molecule has 1 unspecified atom stereocenters. The van der Waals surface area contributed by atoms with E-state index in [0.717, 1.165) is 6.07 Å². The Hall–Kier alpha value is -2.96. The summed E-state index contributed by atoms with van der Waals surface area (Å²) in [4.78, 5) is 23.0. The normalized spacial score (nSPS) is 12.0. The number of phenolic OH excluding ortho intramolecular Hbond substituents is 2. The molecule has 0 radical (unpaired) electrons. The molecule has 0 fully saturated rings. The van der Waals surface area contributed by atoms with Crippen molar-refractivity contribution in [3.8, 4) is 17.2 Å². The Kier molecular flexibility index (Phi) is 4.07. The zero-order valence-corrected chi connectivity index (χ0v) is 11.7. The topological polar surface area (TPSA) is 134 Å². The highest BCUT2D eigenvalue weighted by atomic mass is 16.4. The summed E-state index contributed by atoms with van der Waals surface area (Å²) in [6, 6.07) is 4.99. The maximum Gasteiger partial charge on any atom is 0.227 e. The molecule has 5 N–H and O–H groups in total. The average Bonchev–Trinajstić information content (AvgIpc) is 2.43. The molecule has 7 heteroatoms. The van der Waals surface area contributed by atoms with Crippen molar-refractivity contribution in [2.45, 2.75) is 19.3 Å². The summed E-state index contributed by atoms with van der Waals surface area (Å²) in [6.45, 7) is 1.53. The molecule has 0 saturated carbocycles. The lowest BCUT2D eigenvalue weighted by molar-refractivity contribution is -0.118. The van der Waals surface area contributed by atoms with Crippen molar-refractivity contribution in [3.05, 3.63) is 51.6 Å². The van der Waals surface area contributed by atoms with E-state index in [-0.39, 0.29) is 23.7 Å². The summed E-state index contributed by atoms with van der Waals surface area (Å²) < 4.78 is 5.37. The second-order valence-corrected chi connectivity index (χ2v) is 4.91. The predicted octanol–water partition coefficient (Wildman–Crippen LogP) is 1.07. The molecule has 0 saturated heterocycles. The second kappa shape index (κ2) is 5.80. The van der Waals surface area contributed by atoms with Gasteiger partial charge < -0.3 is 25.5 Å². The maximum atomic E-state index is 11.7. The first kappa shape index (κ1) is 15.4. The lowest BCUT2D eigenvalue weighted by Crippen LogP contribution is -2.17. The van der Waals surface area contributed by atoms with Crippen molar-refractivity contribution in [2.75, 3.05) is 0 Å². The number of primary amides is 1. The van der Waals surface area contributed by atoms with Gasteiger partial charge >= 0.3 is 0 Å². The van der Waals surface area contributed by atoms with Crippen molar-refractivity contribution >= 4 is 5.91 Å². The van der Waals surface area contributed by atoms with E-state index in [1.165, 1.54) is 25.1 Å². The number of hydrogen-bond acceptors (Lipinski definition) is 6. The molecule has 116 valence electrons. The number of hydrogen-bond donors (Lipinski definition) is 4. The Morgan fingerprint density at radius 3 is 2.50 bits per heavy atom. The van der Waals surface area contributed by atoms with E-state index in [1.54, 1.807) is 0 Å². The summed E-state index contributed by atoms with van der Waals surface area (Å²) in [5.74, 6) is -2.76. The van der Waals surface area contributed by atoms with Crippen LogP contribution >= 0.6 is 0 Å². The summed E-state index contributed by atoms with van der Waals surface area (Å²) in [5.41, 5.74) is 4.93. The van der Waals surface area contributed by atoms with Gasteiger partial charge in [0.25, 0.3) is 0 Å². The molecule has 1 heterocycles. The molecule has 1 atom stereocenters. The van der Waals surface area contributed by atoms with E-state index in [1.807, 2.05) is 0 Å². The van der Waals surface area contributed by atoms with Crippen LogP contribution in [-0.2, 0) is 4.79 Å². The molecule has 0 aliphatic rings. The van der Waals surface area contributed by atoms with E-state index >= 15 is 0 Å².